The molecular weight excluding hydrogens is 496 g/mol. The van der Waals surface area contributed by atoms with Gasteiger partial charge in [-0.1, -0.05) is 20.8 Å². The number of aliphatic hydroxyl groups excluding tert-OH is 1. The largest absolute Gasteiger partial charge is 0.472 e. The maximum Gasteiger partial charge on any atom is 0.339 e. The Labute approximate surface area is 220 Å². The van der Waals surface area contributed by atoms with Crippen LogP contribution >= 0.6 is 0 Å². The number of hydrogen-bond donors (Lipinski definition) is 1. The average Bonchev–Trinajstić information content (AvgIpc) is 3.26. The first-order chi connectivity index (χ1) is 17.8. The Morgan fingerprint density at radius 3 is 2.61 bits per heavy atom. The summed E-state index contributed by atoms with van der Waals surface area (Å²) in [6.07, 6.45) is 0.255. The molecule has 1 aromatic rings. The lowest BCUT2D eigenvalue weighted by Gasteiger charge is -2.68. The molecule has 4 aliphatic heterocycles. The molecule has 7 rings (SSSR count). The lowest BCUT2D eigenvalue weighted by Crippen LogP contribution is -2.76. The highest BCUT2D eigenvalue weighted by Gasteiger charge is 2.90. The Balaban J connectivity index is 1.43. The highest BCUT2D eigenvalue weighted by molar-refractivity contribution is 5.82. The van der Waals surface area contributed by atoms with Gasteiger partial charge in [0, 0.05) is 34.7 Å². The van der Waals surface area contributed by atoms with Crippen molar-refractivity contribution >= 4 is 17.9 Å². The van der Waals surface area contributed by atoms with Crippen LogP contribution in [0.1, 0.15) is 65.5 Å². The number of furan rings is 1. The Morgan fingerprint density at radius 1 is 1.16 bits per heavy atom. The number of epoxide rings is 1. The van der Waals surface area contributed by atoms with E-state index in [-0.39, 0.29) is 18.9 Å². The Morgan fingerprint density at radius 2 is 1.92 bits per heavy atom. The van der Waals surface area contributed by atoms with Crippen LogP contribution in [0.3, 0.4) is 0 Å². The number of carbonyl (C=O) groups excluding carboxylic acids is 3. The lowest BCUT2D eigenvalue weighted by atomic mass is 9.36. The van der Waals surface area contributed by atoms with Crippen LogP contribution in [0.15, 0.2) is 23.0 Å². The molecule has 6 fully saturated rings. The first kappa shape index (κ1) is 24.6. The quantitative estimate of drug-likeness (QED) is 0.345. The van der Waals surface area contributed by atoms with Crippen molar-refractivity contribution in [3.05, 3.63) is 24.2 Å². The van der Waals surface area contributed by atoms with Crippen LogP contribution in [-0.4, -0.2) is 65.2 Å². The third kappa shape index (κ3) is 2.53. The van der Waals surface area contributed by atoms with E-state index in [9.17, 15) is 19.5 Å². The van der Waals surface area contributed by atoms with Gasteiger partial charge in [-0.2, -0.15) is 0 Å². The van der Waals surface area contributed by atoms with E-state index in [0.717, 1.165) is 5.56 Å². The number of fused-ring (bicyclic) bond motifs is 2. The van der Waals surface area contributed by atoms with Gasteiger partial charge in [-0.05, 0) is 31.7 Å². The van der Waals surface area contributed by atoms with Crippen molar-refractivity contribution in [1.29, 1.82) is 0 Å². The molecule has 5 heterocycles. The van der Waals surface area contributed by atoms with Gasteiger partial charge in [-0.25, -0.2) is 4.79 Å². The van der Waals surface area contributed by atoms with Crippen LogP contribution in [0, 0.1) is 28.1 Å². The van der Waals surface area contributed by atoms with Crippen LogP contribution in [0.5, 0.6) is 0 Å². The summed E-state index contributed by atoms with van der Waals surface area (Å²) in [6, 6.07) is 1.79. The van der Waals surface area contributed by atoms with Gasteiger partial charge in [0.15, 0.2) is 6.10 Å². The number of rotatable bonds is 2. The van der Waals surface area contributed by atoms with E-state index in [1.807, 2.05) is 20.8 Å². The van der Waals surface area contributed by atoms with E-state index in [2.05, 4.69) is 6.92 Å². The molecule has 1 aromatic heterocycles. The van der Waals surface area contributed by atoms with Crippen LogP contribution in [0.25, 0.3) is 0 Å². The molecule has 1 N–H and O–H groups in total. The highest BCUT2D eigenvalue weighted by atomic mass is 16.7. The van der Waals surface area contributed by atoms with Gasteiger partial charge in [0.25, 0.3) is 0 Å². The molecule has 4 saturated heterocycles. The van der Waals surface area contributed by atoms with E-state index in [0.29, 0.717) is 12.8 Å². The Kier molecular flexibility index (Phi) is 4.66. The van der Waals surface area contributed by atoms with E-state index in [1.54, 1.807) is 18.6 Å². The maximum atomic E-state index is 13.3. The van der Waals surface area contributed by atoms with Gasteiger partial charge in [0.2, 0.25) is 0 Å². The molecule has 6 aliphatic rings. The predicted molar refractivity (Wildman–Crippen MR) is 126 cm³/mol. The summed E-state index contributed by atoms with van der Waals surface area (Å²) < 4.78 is 35.9. The minimum Gasteiger partial charge on any atom is -0.472 e. The van der Waals surface area contributed by atoms with Gasteiger partial charge >= 0.3 is 17.9 Å². The summed E-state index contributed by atoms with van der Waals surface area (Å²) in [4.78, 5) is 38.7. The summed E-state index contributed by atoms with van der Waals surface area (Å²) in [5, 5.41) is 12.3. The molecule has 2 aliphatic carbocycles. The molecule has 1 spiro atoms. The van der Waals surface area contributed by atoms with Crippen molar-refractivity contribution < 1.29 is 47.6 Å². The second kappa shape index (κ2) is 7.20. The number of hydrogen-bond acceptors (Lipinski definition) is 10. The molecule has 0 bridgehead atoms. The minimum absolute atomic E-state index is 0.0915. The monoisotopic (exact) mass is 530 g/mol. The Hall–Kier alpha value is -2.43. The number of esters is 3. The SMILES string of the molecule is CC(=O)O[C@H]1CC(=O)O[C@@]2(C)CO[C@H]3[C@@H](O)[C@]4(C)[C@H](CC[C@@]5(C)[C@H](c6ccoc6)OC(=O)[C@H]6O[C@@]645)[C@]1(C)[C@@H]32. The van der Waals surface area contributed by atoms with Gasteiger partial charge in [-0.3, -0.25) is 9.59 Å². The lowest BCUT2D eigenvalue weighted by molar-refractivity contribution is -0.287. The van der Waals surface area contributed by atoms with Crippen molar-refractivity contribution in [3.63, 3.8) is 0 Å². The number of cyclic esters (lactones) is 1. The third-order valence-electron chi connectivity index (χ3n) is 11.4. The zero-order valence-electron chi connectivity index (χ0n) is 22.2. The van der Waals surface area contributed by atoms with Gasteiger partial charge in [0.1, 0.15) is 23.4 Å². The van der Waals surface area contributed by atoms with Crippen LogP contribution in [0.4, 0.5) is 0 Å². The second-order valence-corrected chi connectivity index (χ2v) is 13.1. The first-order valence-electron chi connectivity index (χ1n) is 13.4. The molecule has 10 heteroatoms. The summed E-state index contributed by atoms with van der Waals surface area (Å²) in [6.45, 7) is 9.36. The second-order valence-electron chi connectivity index (χ2n) is 13.1. The molecule has 0 aromatic carbocycles. The number of ether oxygens (including phenoxy) is 5. The van der Waals surface area contributed by atoms with Crippen molar-refractivity contribution in [2.45, 2.75) is 95.6 Å². The fourth-order valence-corrected chi connectivity index (χ4v) is 10.1. The van der Waals surface area contributed by atoms with Crippen LogP contribution < -0.4 is 0 Å². The molecular formula is C28H34O10. The maximum absolute atomic E-state index is 13.3. The van der Waals surface area contributed by atoms with E-state index < -0.39 is 81.8 Å². The zero-order chi connectivity index (χ0) is 27.0. The molecule has 2 saturated carbocycles. The fraction of sp³-hybridized carbons (Fsp3) is 0.750. The summed E-state index contributed by atoms with van der Waals surface area (Å²) >= 11 is 0. The fourth-order valence-electron chi connectivity index (χ4n) is 10.1. The van der Waals surface area contributed by atoms with Crippen molar-refractivity contribution in [2.75, 3.05) is 6.61 Å². The topological polar surface area (TPSA) is 134 Å². The standard InChI is InChI=1S/C28H34O10/c1-13(29)35-16-10-17(30)37-25(3)12-34-18-19(25)26(16,4)15-6-8-24(2)21(14-7-9-33-11-14)36-23(32)22-28(24,38-22)27(15,5)20(18)31/h7,9,11,15-16,18-22,31H,6,8,10,12H2,1-5H3/t15-,16+,18-,19+,20-,21+,22-,24+,25+,26+,27+,28-/m1/s1. The molecule has 0 amide bonds. The predicted octanol–water partition coefficient (Wildman–Crippen LogP) is 2.47. The number of carbonyl (C=O) groups is 3. The normalized spacial score (nSPS) is 54.3. The molecule has 206 valence electrons. The van der Waals surface area contributed by atoms with Crippen molar-refractivity contribution in [3.8, 4) is 0 Å². The summed E-state index contributed by atoms with van der Waals surface area (Å²) in [5.74, 6) is -2.15. The van der Waals surface area contributed by atoms with Crippen molar-refractivity contribution in [1.82, 2.24) is 0 Å². The summed E-state index contributed by atoms with van der Waals surface area (Å²) in [7, 11) is 0. The van der Waals surface area contributed by atoms with E-state index in [1.165, 1.54) is 6.92 Å². The molecule has 38 heavy (non-hydrogen) atoms. The molecule has 10 nitrogen and oxygen atoms in total. The summed E-state index contributed by atoms with van der Waals surface area (Å²) in [5.41, 5.74) is -3.82. The average molecular weight is 531 g/mol. The molecule has 0 unspecified atom stereocenters. The van der Waals surface area contributed by atoms with Crippen molar-refractivity contribution in [2.24, 2.45) is 28.1 Å². The van der Waals surface area contributed by atoms with Crippen LogP contribution in [0.2, 0.25) is 0 Å². The van der Waals surface area contributed by atoms with Crippen LogP contribution in [-0.2, 0) is 38.1 Å². The number of aliphatic hydroxyl groups is 1. The van der Waals surface area contributed by atoms with Gasteiger partial charge in [0.05, 0.1) is 37.8 Å². The zero-order valence-corrected chi connectivity index (χ0v) is 22.2. The third-order valence-corrected chi connectivity index (χ3v) is 11.4. The highest BCUT2D eigenvalue weighted by Crippen LogP contribution is 2.80. The smallest absolute Gasteiger partial charge is 0.339 e. The van der Waals surface area contributed by atoms with E-state index in [4.69, 9.17) is 28.1 Å². The van der Waals surface area contributed by atoms with E-state index >= 15 is 0 Å². The molecule has 12 atom stereocenters. The molecule has 0 radical (unpaired) electrons. The minimum atomic E-state index is -1.06. The first-order valence-corrected chi connectivity index (χ1v) is 13.4. The van der Waals surface area contributed by atoms with Gasteiger partial charge in [-0.15, -0.1) is 0 Å². The Bertz CT molecular complexity index is 1230. The van der Waals surface area contributed by atoms with Gasteiger partial charge < -0.3 is 33.2 Å².